The molecule has 25 heavy (non-hydrogen) atoms. The third-order valence-electron chi connectivity index (χ3n) is 4.61. The third kappa shape index (κ3) is 3.00. The highest BCUT2D eigenvalue weighted by Crippen LogP contribution is 2.45. The lowest BCUT2D eigenvalue weighted by Gasteiger charge is -2.33. The normalized spacial score (nSPS) is 19.9. The first kappa shape index (κ1) is 17.4. The van der Waals surface area contributed by atoms with Crippen LogP contribution in [0.15, 0.2) is 40.1 Å². The van der Waals surface area contributed by atoms with Crippen LogP contribution in [0.1, 0.15) is 30.7 Å². The number of methoxy groups -OCH3 is 2. The molecule has 1 aliphatic heterocycles. The van der Waals surface area contributed by atoms with Gasteiger partial charge in [0, 0.05) is 17.7 Å². The number of dihydropyridines is 1. The number of nitriles is 1. The maximum absolute atomic E-state index is 12.7. The number of ketones is 1. The summed E-state index contributed by atoms with van der Waals surface area (Å²) in [7, 11) is 3.16. The Hall–Kier alpha value is -2.39. The summed E-state index contributed by atoms with van der Waals surface area (Å²) < 4.78 is 10.7. The van der Waals surface area contributed by atoms with E-state index in [1.165, 1.54) is 11.8 Å². The SMILES string of the molecule is COc1ccc(C2C(C#N)=C(SC)NC3=C2C(=O)CCC3)cc1OC. The lowest BCUT2D eigenvalue weighted by Crippen LogP contribution is -2.31. The van der Waals surface area contributed by atoms with Gasteiger partial charge in [-0.15, -0.1) is 11.8 Å². The standard InChI is InChI=1S/C19H20N2O3S/c1-23-15-8-7-11(9-16(15)24-2)17-12(10-20)19(25-3)21-13-5-4-6-14(22)18(13)17/h7-9,17,21H,4-6H2,1-3H3. The summed E-state index contributed by atoms with van der Waals surface area (Å²) >= 11 is 1.50. The maximum atomic E-state index is 12.7. The predicted molar refractivity (Wildman–Crippen MR) is 97.5 cm³/mol. The van der Waals surface area contributed by atoms with E-state index in [4.69, 9.17) is 9.47 Å². The molecule has 1 aromatic carbocycles. The number of thioether (sulfide) groups is 1. The summed E-state index contributed by atoms with van der Waals surface area (Å²) in [4.78, 5) is 12.7. The van der Waals surface area contributed by atoms with Gasteiger partial charge in [-0.1, -0.05) is 6.07 Å². The van der Waals surface area contributed by atoms with Gasteiger partial charge in [0.1, 0.15) is 0 Å². The Bertz CT molecular complexity index is 820. The average molecular weight is 356 g/mol. The monoisotopic (exact) mass is 356 g/mol. The number of rotatable bonds is 4. The Labute approximate surface area is 151 Å². The Kier molecular flexibility index (Phi) is 5.05. The molecule has 0 saturated heterocycles. The van der Waals surface area contributed by atoms with Gasteiger partial charge in [0.25, 0.3) is 0 Å². The van der Waals surface area contributed by atoms with Gasteiger partial charge in [0.15, 0.2) is 17.3 Å². The van der Waals surface area contributed by atoms with E-state index in [1.807, 2.05) is 24.5 Å². The van der Waals surface area contributed by atoms with Crippen LogP contribution in [0.5, 0.6) is 11.5 Å². The second-order valence-electron chi connectivity index (χ2n) is 5.90. The molecule has 0 amide bonds. The fourth-order valence-electron chi connectivity index (χ4n) is 3.45. The fourth-order valence-corrected chi connectivity index (χ4v) is 4.06. The van der Waals surface area contributed by atoms with Crippen LogP contribution in [-0.2, 0) is 4.79 Å². The van der Waals surface area contributed by atoms with Crippen molar-refractivity contribution in [3.8, 4) is 17.6 Å². The second-order valence-corrected chi connectivity index (χ2v) is 6.72. The van der Waals surface area contributed by atoms with E-state index in [9.17, 15) is 10.1 Å². The van der Waals surface area contributed by atoms with E-state index < -0.39 is 0 Å². The molecule has 0 fully saturated rings. The molecule has 1 heterocycles. The van der Waals surface area contributed by atoms with Crippen molar-refractivity contribution in [1.82, 2.24) is 5.32 Å². The molecule has 1 aromatic rings. The maximum Gasteiger partial charge on any atom is 0.161 e. The Morgan fingerprint density at radius 3 is 2.64 bits per heavy atom. The highest BCUT2D eigenvalue weighted by atomic mass is 32.2. The number of hydrogen-bond donors (Lipinski definition) is 1. The number of Topliss-reactive ketones (excluding diaryl/α,β-unsaturated/α-hetero) is 1. The molecule has 0 bridgehead atoms. The molecule has 0 spiro atoms. The van der Waals surface area contributed by atoms with Crippen molar-refractivity contribution in [3.05, 3.63) is 45.6 Å². The zero-order valence-corrected chi connectivity index (χ0v) is 15.3. The lowest BCUT2D eigenvalue weighted by atomic mass is 9.77. The smallest absolute Gasteiger partial charge is 0.161 e. The van der Waals surface area contributed by atoms with Crippen molar-refractivity contribution in [2.75, 3.05) is 20.5 Å². The largest absolute Gasteiger partial charge is 0.493 e. The molecule has 1 N–H and O–H groups in total. The second kappa shape index (κ2) is 7.24. The highest BCUT2D eigenvalue weighted by molar-refractivity contribution is 8.02. The molecule has 0 radical (unpaired) electrons. The van der Waals surface area contributed by atoms with Crippen LogP contribution in [-0.4, -0.2) is 26.3 Å². The van der Waals surface area contributed by atoms with Gasteiger partial charge in [-0.3, -0.25) is 4.79 Å². The minimum Gasteiger partial charge on any atom is -0.493 e. The number of allylic oxidation sites excluding steroid dienone is 3. The molecule has 0 saturated carbocycles. The van der Waals surface area contributed by atoms with E-state index in [0.29, 0.717) is 29.1 Å². The van der Waals surface area contributed by atoms with Crippen LogP contribution < -0.4 is 14.8 Å². The minimum absolute atomic E-state index is 0.112. The van der Waals surface area contributed by atoms with Gasteiger partial charge in [-0.05, 0) is 36.8 Å². The first-order valence-corrected chi connectivity index (χ1v) is 9.30. The van der Waals surface area contributed by atoms with Gasteiger partial charge in [0.05, 0.1) is 36.8 Å². The highest BCUT2D eigenvalue weighted by Gasteiger charge is 2.37. The molecular formula is C19H20N2O3S. The first-order valence-electron chi connectivity index (χ1n) is 8.08. The number of carbonyl (C=O) groups excluding carboxylic acids is 1. The lowest BCUT2D eigenvalue weighted by molar-refractivity contribution is -0.116. The summed E-state index contributed by atoms with van der Waals surface area (Å²) in [6.07, 6.45) is 4.12. The van der Waals surface area contributed by atoms with E-state index in [2.05, 4.69) is 11.4 Å². The fraction of sp³-hybridized carbons (Fsp3) is 0.368. The number of nitrogens with one attached hydrogen (secondary N) is 1. The molecule has 0 aromatic heterocycles. The molecule has 1 atom stereocenters. The van der Waals surface area contributed by atoms with E-state index in [0.717, 1.165) is 29.1 Å². The zero-order chi connectivity index (χ0) is 18.0. The van der Waals surface area contributed by atoms with Crippen molar-refractivity contribution in [2.24, 2.45) is 0 Å². The average Bonchev–Trinajstić information content (AvgIpc) is 2.66. The molecule has 3 rings (SSSR count). The summed E-state index contributed by atoms with van der Waals surface area (Å²) in [6, 6.07) is 7.89. The number of hydrogen-bond acceptors (Lipinski definition) is 6. The summed E-state index contributed by atoms with van der Waals surface area (Å²) in [6.45, 7) is 0. The van der Waals surface area contributed by atoms with Gasteiger partial charge < -0.3 is 14.8 Å². The summed E-state index contributed by atoms with van der Waals surface area (Å²) in [5.74, 6) is 0.960. The number of nitrogens with zero attached hydrogens (tertiary/aromatic N) is 1. The molecule has 5 nitrogen and oxygen atoms in total. The van der Waals surface area contributed by atoms with Crippen molar-refractivity contribution >= 4 is 17.5 Å². The topological polar surface area (TPSA) is 71.3 Å². The molecule has 1 aliphatic carbocycles. The first-order chi connectivity index (χ1) is 12.1. The van der Waals surface area contributed by atoms with Crippen LogP contribution in [0, 0.1) is 11.3 Å². The molecule has 130 valence electrons. The van der Waals surface area contributed by atoms with E-state index in [1.54, 1.807) is 14.2 Å². The molecule has 2 aliphatic rings. The summed E-state index contributed by atoms with van der Waals surface area (Å²) in [5, 5.41) is 13.9. The van der Waals surface area contributed by atoms with Crippen LogP contribution in [0.25, 0.3) is 0 Å². The van der Waals surface area contributed by atoms with Crippen LogP contribution in [0.4, 0.5) is 0 Å². The van der Waals surface area contributed by atoms with Gasteiger partial charge in [-0.25, -0.2) is 0 Å². The van der Waals surface area contributed by atoms with Crippen LogP contribution >= 0.6 is 11.8 Å². The molecule has 1 unspecified atom stereocenters. The van der Waals surface area contributed by atoms with Crippen molar-refractivity contribution in [3.63, 3.8) is 0 Å². The Morgan fingerprint density at radius 2 is 2.00 bits per heavy atom. The summed E-state index contributed by atoms with van der Waals surface area (Å²) in [5.41, 5.74) is 3.10. The Morgan fingerprint density at radius 1 is 1.24 bits per heavy atom. The minimum atomic E-state index is -0.365. The predicted octanol–water partition coefficient (Wildman–Crippen LogP) is 3.50. The van der Waals surface area contributed by atoms with Gasteiger partial charge >= 0.3 is 0 Å². The molecule has 6 heteroatoms. The van der Waals surface area contributed by atoms with Crippen LogP contribution in [0.2, 0.25) is 0 Å². The third-order valence-corrected chi connectivity index (χ3v) is 5.34. The van der Waals surface area contributed by atoms with Crippen LogP contribution in [0.3, 0.4) is 0 Å². The number of ether oxygens (including phenoxy) is 2. The number of carbonyl (C=O) groups is 1. The van der Waals surface area contributed by atoms with Crippen molar-refractivity contribution in [1.29, 1.82) is 5.26 Å². The van der Waals surface area contributed by atoms with Crippen molar-refractivity contribution in [2.45, 2.75) is 25.2 Å². The van der Waals surface area contributed by atoms with E-state index in [-0.39, 0.29) is 11.7 Å². The zero-order valence-electron chi connectivity index (χ0n) is 14.5. The van der Waals surface area contributed by atoms with Crippen molar-refractivity contribution < 1.29 is 14.3 Å². The van der Waals surface area contributed by atoms with E-state index >= 15 is 0 Å². The Balaban J connectivity index is 2.19. The molecular weight excluding hydrogens is 336 g/mol. The number of benzene rings is 1. The van der Waals surface area contributed by atoms with Gasteiger partial charge in [0.2, 0.25) is 0 Å². The quantitative estimate of drug-likeness (QED) is 0.890. The van der Waals surface area contributed by atoms with Gasteiger partial charge in [-0.2, -0.15) is 5.26 Å².